The number of thiophene rings is 1. The van der Waals surface area contributed by atoms with E-state index in [-0.39, 0.29) is 0 Å². The SMILES string of the molecule is Cc1ccc(S(=O)(=O)Nc2cc(N3CCOCC3)ccc2C)s1. The second-order valence-corrected chi connectivity index (χ2v) is 8.77. The summed E-state index contributed by atoms with van der Waals surface area (Å²) in [6, 6.07) is 9.33. The molecule has 7 heteroatoms. The highest BCUT2D eigenvalue weighted by atomic mass is 32.2. The lowest BCUT2D eigenvalue weighted by molar-refractivity contribution is 0.122. The Morgan fingerprint density at radius 1 is 1.13 bits per heavy atom. The fraction of sp³-hybridized carbons (Fsp3) is 0.375. The van der Waals surface area contributed by atoms with Crippen molar-refractivity contribution in [2.24, 2.45) is 0 Å². The van der Waals surface area contributed by atoms with Crippen molar-refractivity contribution < 1.29 is 13.2 Å². The molecule has 0 atom stereocenters. The van der Waals surface area contributed by atoms with Gasteiger partial charge in [0.25, 0.3) is 10.0 Å². The molecule has 3 rings (SSSR count). The molecule has 1 N–H and O–H groups in total. The molecular formula is C16H20N2O3S2. The highest BCUT2D eigenvalue weighted by molar-refractivity contribution is 7.94. The van der Waals surface area contributed by atoms with E-state index in [0.29, 0.717) is 23.1 Å². The molecule has 1 saturated heterocycles. The van der Waals surface area contributed by atoms with Crippen molar-refractivity contribution in [3.8, 4) is 0 Å². The third-order valence-corrected chi connectivity index (χ3v) is 6.68. The van der Waals surface area contributed by atoms with Crippen molar-refractivity contribution in [2.75, 3.05) is 35.9 Å². The van der Waals surface area contributed by atoms with E-state index in [0.717, 1.165) is 29.2 Å². The van der Waals surface area contributed by atoms with Gasteiger partial charge in [-0.3, -0.25) is 4.72 Å². The Morgan fingerprint density at radius 2 is 1.87 bits per heavy atom. The van der Waals surface area contributed by atoms with Gasteiger partial charge in [0.05, 0.1) is 18.9 Å². The van der Waals surface area contributed by atoms with E-state index < -0.39 is 10.0 Å². The third kappa shape index (κ3) is 3.68. The van der Waals surface area contributed by atoms with Crippen LogP contribution < -0.4 is 9.62 Å². The average molecular weight is 352 g/mol. The first kappa shape index (κ1) is 16.3. The van der Waals surface area contributed by atoms with Gasteiger partial charge in [-0.1, -0.05) is 6.07 Å². The van der Waals surface area contributed by atoms with Crippen LogP contribution in [0.5, 0.6) is 0 Å². The normalized spacial score (nSPS) is 15.7. The summed E-state index contributed by atoms with van der Waals surface area (Å²) in [4.78, 5) is 3.18. The second kappa shape index (κ2) is 6.51. The molecule has 1 aliphatic rings. The number of rotatable bonds is 4. The van der Waals surface area contributed by atoms with Gasteiger partial charge < -0.3 is 9.64 Å². The summed E-state index contributed by atoms with van der Waals surface area (Å²) >= 11 is 1.27. The molecule has 0 radical (unpaired) electrons. The van der Waals surface area contributed by atoms with Gasteiger partial charge in [0.15, 0.2) is 0 Å². The number of anilines is 2. The van der Waals surface area contributed by atoms with Crippen LogP contribution in [-0.2, 0) is 14.8 Å². The van der Waals surface area contributed by atoms with Crippen molar-refractivity contribution in [1.82, 2.24) is 0 Å². The van der Waals surface area contributed by atoms with E-state index in [4.69, 9.17) is 4.74 Å². The van der Waals surface area contributed by atoms with E-state index in [1.807, 2.05) is 38.1 Å². The van der Waals surface area contributed by atoms with Gasteiger partial charge in [0.2, 0.25) is 0 Å². The first-order valence-electron chi connectivity index (χ1n) is 7.48. The number of aryl methyl sites for hydroxylation is 2. The molecule has 1 aromatic heterocycles. The van der Waals surface area contributed by atoms with Gasteiger partial charge >= 0.3 is 0 Å². The Labute approximate surface area is 140 Å². The third-order valence-electron chi connectivity index (χ3n) is 3.82. The zero-order chi connectivity index (χ0) is 16.4. The van der Waals surface area contributed by atoms with Crippen LogP contribution in [0.2, 0.25) is 0 Å². The smallest absolute Gasteiger partial charge is 0.271 e. The first-order valence-corrected chi connectivity index (χ1v) is 9.78. The van der Waals surface area contributed by atoms with Crippen LogP contribution in [0.15, 0.2) is 34.5 Å². The highest BCUT2D eigenvalue weighted by Crippen LogP contribution is 2.28. The molecule has 1 fully saturated rings. The summed E-state index contributed by atoms with van der Waals surface area (Å²) in [5.74, 6) is 0. The Kier molecular flexibility index (Phi) is 4.61. The number of benzene rings is 1. The Morgan fingerprint density at radius 3 is 2.52 bits per heavy atom. The van der Waals surface area contributed by atoms with E-state index in [1.54, 1.807) is 6.07 Å². The fourth-order valence-corrected chi connectivity index (χ4v) is 4.89. The van der Waals surface area contributed by atoms with E-state index in [2.05, 4.69) is 9.62 Å². The van der Waals surface area contributed by atoms with E-state index in [1.165, 1.54) is 11.3 Å². The monoisotopic (exact) mass is 352 g/mol. The van der Waals surface area contributed by atoms with Crippen LogP contribution in [0.3, 0.4) is 0 Å². The maximum Gasteiger partial charge on any atom is 0.271 e. The number of ether oxygens (including phenoxy) is 1. The minimum Gasteiger partial charge on any atom is -0.378 e. The van der Waals surface area contributed by atoms with Crippen LogP contribution in [0, 0.1) is 13.8 Å². The van der Waals surface area contributed by atoms with Crippen molar-refractivity contribution in [2.45, 2.75) is 18.1 Å². The predicted octanol–water partition coefficient (Wildman–Crippen LogP) is 3.00. The topological polar surface area (TPSA) is 58.6 Å². The lowest BCUT2D eigenvalue weighted by Crippen LogP contribution is -2.36. The molecule has 0 amide bonds. The maximum atomic E-state index is 12.5. The number of hydrogen-bond donors (Lipinski definition) is 1. The molecule has 0 saturated carbocycles. The number of morpholine rings is 1. The molecule has 0 spiro atoms. The predicted molar refractivity (Wildman–Crippen MR) is 94.1 cm³/mol. The van der Waals surface area contributed by atoms with Gasteiger partial charge in [-0.05, 0) is 43.7 Å². The number of hydrogen-bond acceptors (Lipinski definition) is 5. The summed E-state index contributed by atoms with van der Waals surface area (Å²) in [5, 5.41) is 0. The van der Waals surface area contributed by atoms with Gasteiger partial charge in [-0.25, -0.2) is 8.42 Å². The summed E-state index contributed by atoms with van der Waals surface area (Å²) < 4.78 is 33.5. The zero-order valence-electron chi connectivity index (χ0n) is 13.2. The summed E-state index contributed by atoms with van der Waals surface area (Å²) in [7, 11) is -3.54. The molecule has 0 unspecified atom stereocenters. The average Bonchev–Trinajstić information content (AvgIpc) is 2.98. The molecule has 23 heavy (non-hydrogen) atoms. The van der Waals surface area contributed by atoms with Crippen LogP contribution in [0.25, 0.3) is 0 Å². The van der Waals surface area contributed by atoms with Crippen molar-refractivity contribution in [3.63, 3.8) is 0 Å². The molecule has 1 aliphatic heterocycles. The largest absolute Gasteiger partial charge is 0.378 e. The molecule has 0 aliphatic carbocycles. The molecule has 0 bridgehead atoms. The molecule has 2 heterocycles. The zero-order valence-corrected chi connectivity index (χ0v) is 14.8. The summed E-state index contributed by atoms with van der Waals surface area (Å²) in [6.45, 7) is 6.83. The summed E-state index contributed by atoms with van der Waals surface area (Å²) in [6.07, 6.45) is 0. The number of nitrogens with one attached hydrogen (secondary N) is 1. The van der Waals surface area contributed by atoms with Gasteiger partial charge in [0, 0.05) is 23.7 Å². The molecule has 124 valence electrons. The lowest BCUT2D eigenvalue weighted by atomic mass is 10.1. The minimum absolute atomic E-state index is 0.339. The van der Waals surface area contributed by atoms with Crippen molar-refractivity contribution >= 4 is 32.7 Å². The van der Waals surface area contributed by atoms with E-state index >= 15 is 0 Å². The van der Waals surface area contributed by atoms with Crippen LogP contribution >= 0.6 is 11.3 Å². The second-order valence-electron chi connectivity index (χ2n) is 5.57. The summed E-state index contributed by atoms with van der Waals surface area (Å²) in [5.41, 5.74) is 2.54. The van der Waals surface area contributed by atoms with Crippen molar-refractivity contribution in [1.29, 1.82) is 0 Å². The lowest BCUT2D eigenvalue weighted by Gasteiger charge is -2.29. The highest BCUT2D eigenvalue weighted by Gasteiger charge is 2.19. The standard InChI is InChI=1S/C16H20N2O3S2/c1-12-3-5-14(18-7-9-21-10-8-18)11-15(12)17-23(19,20)16-6-4-13(2)22-16/h3-6,11,17H,7-10H2,1-2H3. The Bertz CT molecular complexity index is 793. The number of nitrogens with zero attached hydrogens (tertiary/aromatic N) is 1. The van der Waals surface area contributed by atoms with Gasteiger partial charge in [-0.2, -0.15) is 0 Å². The van der Waals surface area contributed by atoms with Gasteiger partial charge in [-0.15, -0.1) is 11.3 Å². The first-order chi connectivity index (χ1) is 11.0. The van der Waals surface area contributed by atoms with Crippen molar-refractivity contribution in [3.05, 3.63) is 40.8 Å². The fourth-order valence-electron chi connectivity index (χ4n) is 2.49. The Balaban J connectivity index is 1.87. The van der Waals surface area contributed by atoms with Crippen LogP contribution in [0.4, 0.5) is 11.4 Å². The molecule has 5 nitrogen and oxygen atoms in total. The van der Waals surface area contributed by atoms with E-state index in [9.17, 15) is 8.42 Å². The van der Waals surface area contributed by atoms with Gasteiger partial charge in [0.1, 0.15) is 4.21 Å². The maximum absolute atomic E-state index is 12.5. The molecule has 1 aromatic carbocycles. The number of sulfonamides is 1. The molecule has 2 aromatic rings. The quantitative estimate of drug-likeness (QED) is 0.919. The van der Waals surface area contributed by atoms with Crippen LogP contribution in [0.1, 0.15) is 10.4 Å². The van der Waals surface area contributed by atoms with Crippen LogP contribution in [-0.4, -0.2) is 34.7 Å². The molecular weight excluding hydrogens is 332 g/mol. The minimum atomic E-state index is -3.54. The Hall–Kier alpha value is -1.57.